The van der Waals surface area contributed by atoms with Crippen molar-refractivity contribution in [3.63, 3.8) is 0 Å². The predicted molar refractivity (Wildman–Crippen MR) is 85.8 cm³/mol. The Hall–Kier alpha value is -2.32. The van der Waals surface area contributed by atoms with Crippen molar-refractivity contribution in [3.05, 3.63) is 18.2 Å². The van der Waals surface area contributed by atoms with Crippen molar-refractivity contribution in [2.75, 3.05) is 24.8 Å². The van der Waals surface area contributed by atoms with Crippen molar-refractivity contribution in [3.8, 4) is 11.5 Å². The third-order valence-electron chi connectivity index (χ3n) is 4.59. The fourth-order valence-corrected chi connectivity index (χ4v) is 3.20. The molecule has 0 aliphatic carbocycles. The maximum atomic E-state index is 12.3. The molecule has 0 saturated carbocycles. The number of carbonyl (C=O) groups is 2. The second-order valence-electron chi connectivity index (χ2n) is 6.32. The fourth-order valence-electron chi connectivity index (χ4n) is 3.20. The summed E-state index contributed by atoms with van der Waals surface area (Å²) in [5.41, 5.74) is 3.14. The molecule has 0 aromatic heterocycles. The van der Waals surface area contributed by atoms with Crippen molar-refractivity contribution < 1.29 is 28.6 Å². The van der Waals surface area contributed by atoms with Crippen LogP contribution in [0, 0.1) is 5.92 Å². The second-order valence-corrected chi connectivity index (χ2v) is 6.32. The first-order valence-electron chi connectivity index (χ1n) is 8.48. The summed E-state index contributed by atoms with van der Waals surface area (Å²) in [6.45, 7) is 1.12. The lowest BCUT2D eigenvalue weighted by molar-refractivity contribution is -0.201. The minimum Gasteiger partial charge on any atom is -0.454 e. The van der Waals surface area contributed by atoms with Gasteiger partial charge in [-0.1, -0.05) is 0 Å². The van der Waals surface area contributed by atoms with Crippen molar-refractivity contribution in [1.82, 2.24) is 5.48 Å². The zero-order valence-corrected chi connectivity index (χ0v) is 13.7. The van der Waals surface area contributed by atoms with Crippen LogP contribution in [-0.4, -0.2) is 38.0 Å². The number of hydroxylamine groups is 1. The van der Waals surface area contributed by atoms with Gasteiger partial charge >= 0.3 is 0 Å². The molecule has 0 radical (unpaired) electrons. The van der Waals surface area contributed by atoms with Crippen LogP contribution in [0.5, 0.6) is 11.5 Å². The van der Waals surface area contributed by atoms with E-state index in [2.05, 4.69) is 5.48 Å². The number of hydrogen-bond donors (Lipinski definition) is 1. The Labute approximate surface area is 144 Å². The molecule has 2 fully saturated rings. The summed E-state index contributed by atoms with van der Waals surface area (Å²) in [6, 6.07) is 5.31. The third-order valence-corrected chi connectivity index (χ3v) is 4.59. The molecule has 1 aromatic carbocycles. The summed E-state index contributed by atoms with van der Waals surface area (Å²) < 4.78 is 16.0. The average molecular weight is 348 g/mol. The second kappa shape index (κ2) is 6.89. The first-order valence-corrected chi connectivity index (χ1v) is 8.48. The number of fused-ring (bicyclic) bond motifs is 1. The maximum absolute atomic E-state index is 12.3. The molecular formula is C17H20N2O6. The van der Waals surface area contributed by atoms with Gasteiger partial charge in [-0.3, -0.25) is 9.59 Å². The van der Waals surface area contributed by atoms with Gasteiger partial charge in [-0.25, -0.2) is 10.3 Å². The van der Waals surface area contributed by atoms with Crippen LogP contribution in [0.1, 0.15) is 25.7 Å². The highest BCUT2D eigenvalue weighted by molar-refractivity contribution is 6.00. The van der Waals surface area contributed by atoms with Gasteiger partial charge in [0.1, 0.15) is 0 Å². The lowest BCUT2D eigenvalue weighted by atomic mass is 10.1. The highest BCUT2D eigenvalue weighted by atomic mass is 16.8. The molecule has 1 N–H and O–H groups in total. The molecule has 2 saturated heterocycles. The van der Waals surface area contributed by atoms with Crippen molar-refractivity contribution in [2.24, 2.45) is 5.92 Å². The summed E-state index contributed by atoms with van der Waals surface area (Å²) in [4.78, 5) is 31.5. The third kappa shape index (κ3) is 3.40. The van der Waals surface area contributed by atoms with Gasteiger partial charge in [0, 0.05) is 37.7 Å². The Bertz CT molecular complexity index is 673. The van der Waals surface area contributed by atoms with E-state index in [-0.39, 0.29) is 25.0 Å². The number of ether oxygens (including phenoxy) is 3. The van der Waals surface area contributed by atoms with Gasteiger partial charge in [0.15, 0.2) is 17.8 Å². The van der Waals surface area contributed by atoms with Crippen molar-refractivity contribution in [1.29, 1.82) is 0 Å². The van der Waals surface area contributed by atoms with E-state index in [0.717, 1.165) is 19.3 Å². The van der Waals surface area contributed by atoms with Crippen LogP contribution in [0.25, 0.3) is 0 Å². The highest BCUT2D eigenvalue weighted by Crippen LogP contribution is 2.37. The number of hydrogen-bond acceptors (Lipinski definition) is 6. The van der Waals surface area contributed by atoms with Gasteiger partial charge < -0.3 is 19.1 Å². The minimum atomic E-state index is -0.457. The molecular weight excluding hydrogens is 328 g/mol. The number of rotatable bonds is 4. The lowest BCUT2D eigenvalue weighted by Gasteiger charge is -2.23. The molecule has 134 valence electrons. The van der Waals surface area contributed by atoms with Crippen LogP contribution < -0.4 is 19.9 Å². The molecule has 4 rings (SSSR count). The topological polar surface area (TPSA) is 86.3 Å². The molecule has 25 heavy (non-hydrogen) atoms. The quantitative estimate of drug-likeness (QED) is 0.827. The van der Waals surface area contributed by atoms with E-state index in [0.29, 0.717) is 30.3 Å². The summed E-state index contributed by atoms with van der Waals surface area (Å²) in [6.07, 6.45) is 2.53. The molecule has 2 atom stereocenters. The number of benzene rings is 1. The van der Waals surface area contributed by atoms with Crippen LogP contribution >= 0.6 is 0 Å². The molecule has 1 aromatic rings. The van der Waals surface area contributed by atoms with Crippen LogP contribution in [0.4, 0.5) is 5.69 Å². The summed E-state index contributed by atoms with van der Waals surface area (Å²) >= 11 is 0. The van der Waals surface area contributed by atoms with Crippen LogP contribution in [0.2, 0.25) is 0 Å². The largest absolute Gasteiger partial charge is 0.454 e. The number of amides is 2. The number of nitrogens with zero attached hydrogens (tertiary/aromatic N) is 1. The van der Waals surface area contributed by atoms with Gasteiger partial charge in [0.05, 0.1) is 5.92 Å². The van der Waals surface area contributed by atoms with Gasteiger partial charge in [0.25, 0.3) is 0 Å². The number of anilines is 1. The van der Waals surface area contributed by atoms with E-state index in [1.165, 1.54) is 0 Å². The smallest absolute Gasteiger partial charge is 0.249 e. The molecule has 3 aliphatic rings. The lowest BCUT2D eigenvalue weighted by Crippen LogP contribution is -2.37. The summed E-state index contributed by atoms with van der Waals surface area (Å²) in [5, 5.41) is 0. The van der Waals surface area contributed by atoms with E-state index in [4.69, 9.17) is 19.0 Å². The SMILES string of the molecule is O=C(NOC1CCCCO1)C1CC(=O)N(c2ccc3c(c2)OCO3)C1. The normalized spacial score (nSPS) is 25.3. The molecule has 3 aliphatic heterocycles. The Morgan fingerprint density at radius 3 is 2.96 bits per heavy atom. The molecule has 2 amide bonds. The van der Waals surface area contributed by atoms with Crippen LogP contribution in [-0.2, 0) is 19.2 Å². The van der Waals surface area contributed by atoms with E-state index in [9.17, 15) is 9.59 Å². The van der Waals surface area contributed by atoms with Crippen molar-refractivity contribution >= 4 is 17.5 Å². The Morgan fingerprint density at radius 1 is 1.24 bits per heavy atom. The monoisotopic (exact) mass is 348 g/mol. The standard InChI is InChI=1S/C17H20N2O6/c20-15-7-11(17(21)18-25-16-3-1-2-6-22-16)9-19(15)12-4-5-13-14(8-12)24-10-23-13/h4-5,8,11,16H,1-3,6-7,9-10H2,(H,18,21). The van der Waals surface area contributed by atoms with E-state index in [1.54, 1.807) is 23.1 Å². The van der Waals surface area contributed by atoms with Gasteiger partial charge in [-0.05, 0) is 25.0 Å². The van der Waals surface area contributed by atoms with Crippen molar-refractivity contribution in [2.45, 2.75) is 32.0 Å². The zero-order chi connectivity index (χ0) is 17.2. The number of carbonyl (C=O) groups excluding carboxylic acids is 2. The zero-order valence-electron chi connectivity index (χ0n) is 13.7. The van der Waals surface area contributed by atoms with E-state index < -0.39 is 12.2 Å². The number of nitrogens with one attached hydrogen (secondary N) is 1. The molecule has 8 heteroatoms. The van der Waals surface area contributed by atoms with Gasteiger partial charge in [0.2, 0.25) is 18.6 Å². The maximum Gasteiger partial charge on any atom is 0.249 e. The van der Waals surface area contributed by atoms with Crippen LogP contribution in [0.15, 0.2) is 18.2 Å². The molecule has 0 spiro atoms. The first kappa shape index (κ1) is 16.2. The Kier molecular flexibility index (Phi) is 4.46. The minimum absolute atomic E-state index is 0.104. The molecule has 2 unspecified atom stereocenters. The molecule has 3 heterocycles. The molecule has 8 nitrogen and oxygen atoms in total. The Morgan fingerprint density at radius 2 is 2.12 bits per heavy atom. The van der Waals surface area contributed by atoms with Crippen LogP contribution in [0.3, 0.4) is 0 Å². The van der Waals surface area contributed by atoms with Gasteiger partial charge in [-0.2, -0.15) is 0 Å². The Balaban J connectivity index is 1.35. The summed E-state index contributed by atoms with van der Waals surface area (Å²) in [7, 11) is 0. The van der Waals surface area contributed by atoms with E-state index >= 15 is 0 Å². The first-order chi connectivity index (χ1) is 12.2. The summed E-state index contributed by atoms with van der Waals surface area (Å²) in [5.74, 6) is 0.404. The fraction of sp³-hybridized carbons (Fsp3) is 0.529. The molecule has 0 bridgehead atoms. The van der Waals surface area contributed by atoms with E-state index in [1.807, 2.05) is 0 Å². The average Bonchev–Trinajstić information content (AvgIpc) is 3.26. The van der Waals surface area contributed by atoms with Gasteiger partial charge in [-0.15, -0.1) is 0 Å². The predicted octanol–water partition coefficient (Wildman–Crippen LogP) is 1.34. The highest BCUT2D eigenvalue weighted by Gasteiger charge is 2.36.